The van der Waals surface area contributed by atoms with Crippen molar-refractivity contribution in [3.63, 3.8) is 0 Å². The van der Waals surface area contributed by atoms with Crippen molar-refractivity contribution in [3.05, 3.63) is 0 Å². The molecular formula is C10H15F3N2O2. The van der Waals surface area contributed by atoms with Gasteiger partial charge in [0.2, 0.25) is 0 Å². The van der Waals surface area contributed by atoms with Crippen LogP contribution in [0.25, 0.3) is 0 Å². The highest BCUT2D eigenvalue weighted by molar-refractivity contribution is 5.75. The van der Waals surface area contributed by atoms with E-state index >= 15 is 0 Å². The zero-order valence-electron chi connectivity index (χ0n) is 9.20. The van der Waals surface area contributed by atoms with E-state index < -0.39 is 24.9 Å². The first-order chi connectivity index (χ1) is 7.87. The molecule has 2 aliphatic heterocycles. The quantitative estimate of drug-likeness (QED) is 0.738. The number of nitrogens with one attached hydrogen (secondary N) is 1. The lowest BCUT2D eigenvalue weighted by atomic mass is 10.0. The Balaban J connectivity index is 1.92. The zero-order chi connectivity index (χ0) is 12.6. The second-order valence-corrected chi connectivity index (χ2v) is 4.69. The van der Waals surface area contributed by atoms with Gasteiger partial charge in [0.25, 0.3) is 0 Å². The van der Waals surface area contributed by atoms with Gasteiger partial charge in [-0.15, -0.1) is 0 Å². The van der Waals surface area contributed by atoms with Gasteiger partial charge in [0.05, 0.1) is 6.10 Å². The van der Waals surface area contributed by atoms with Crippen molar-refractivity contribution in [1.82, 2.24) is 10.2 Å². The van der Waals surface area contributed by atoms with Crippen LogP contribution in [0.5, 0.6) is 0 Å². The lowest BCUT2D eigenvalue weighted by Gasteiger charge is -2.37. The molecule has 4 nitrogen and oxygen atoms in total. The number of rotatable bonds is 1. The SMILES string of the molecule is O=C(NCC(F)(F)F)N1C2CCC1CC(O)C2. The number of carbonyl (C=O) groups excluding carboxylic acids is 1. The van der Waals surface area contributed by atoms with E-state index in [0.29, 0.717) is 12.8 Å². The number of hydrogen-bond acceptors (Lipinski definition) is 2. The summed E-state index contributed by atoms with van der Waals surface area (Å²) in [4.78, 5) is 13.1. The molecular weight excluding hydrogens is 237 g/mol. The van der Waals surface area contributed by atoms with Crippen molar-refractivity contribution in [2.45, 2.75) is 50.0 Å². The summed E-state index contributed by atoms with van der Waals surface area (Å²) < 4.78 is 35.9. The summed E-state index contributed by atoms with van der Waals surface area (Å²) in [5, 5.41) is 11.4. The van der Waals surface area contributed by atoms with Gasteiger partial charge in [0, 0.05) is 12.1 Å². The molecule has 98 valence electrons. The molecule has 0 aliphatic carbocycles. The molecule has 2 heterocycles. The Morgan fingerprint density at radius 3 is 2.29 bits per heavy atom. The van der Waals surface area contributed by atoms with Gasteiger partial charge in [-0.2, -0.15) is 13.2 Å². The molecule has 0 aromatic heterocycles. The van der Waals surface area contributed by atoms with Gasteiger partial charge in [-0.1, -0.05) is 0 Å². The van der Waals surface area contributed by atoms with Crippen molar-refractivity contribution in [2.24, 2.45) is 0 Å². The van der Waals surface area contributed by atoms with Gasteiger partial charge in [-0.3, -0.25) is 0 Å². The molecule has 0 spiro atoms. The van der Waals surface area contributed by atoms with Crippen molar-refractivity contribution in [1.29, 1.82) is 0 Å². The number of halogens is 3. The van der Waals surface area contributed by atoms with Crippen LogP contribution < -0.4 is 5.32 Å². The summed E-state index contributed by atoms with van der Waals surface area (Å²) in [6.45, 7) is -1.30. The summed E-state index contributed by atoms with van der Waals surface area (Å²) in [5.74, 6) is 0. The number of alkyl halides is 3. The number of urea groups is 1. The molecule has 2 rings (SSSR count). The maximum absolute atomic E-state index is 12.0. The summed E-state index contributed by atoms with van der Waals surface area (Å²) in [6.07, 6.45) is -2.35. The van der Waals surface area contributed by atoms with Crippen LogP contribution in [0.2, 0.25) is 0 Å². The highest BCUT2D eigenvalue weighted by Gasteiger charge is 2.43. The number of amides is 2. The summed E-state index contributed by atoms with van der Waals surface area (Å²) in [5.41, 5.74) is 0. The van der Waals surface area contributed by atoms with E-state index in [-0.39, 0.29) is 12.1 Å². The van der Waals surface area contributed by atoms with E-state index in [2.05, 4.69) is 0 Å². The smallest absolute Gasteiger partial charge is 0.393 e. The molecule has 2 fully saturated rings. The van der Waals surface area contributed by atoms with Gasteiger partial charge in [0.1, 0.15) is 6.54 Å². The average Bonchev–Trinajstić information content (AvgIpc) is 2.47. The number of piperidine rings is 1. The zero-order valence-corrected chi connectivity index (χ0v) is 9.20. The first-order valence-corrected chi connectivity index (χ1v) is 5.68. The largest absolute Gasteiger partial charge is 0.405 e. The number of nitrogens with zero attached hydrogens (tertiary/aromatic N) is 1. The Morgan fingerprint density at radius 2 is 1.82 bits per heavy atom. The van der Waals surface area contributed by atoms with Crippen molar-refractivity contribution in [2.75, 3.05) is 6.54 Å². The number of fused-ring (bicyclic) bond motifs is 2. The van der Waals surface area contributed by atoms with E-state index in [0.717, 1.165) is 12.8 Å². The monoisotopic (exact) mass is 252 g/mol. The van der Waals surface area contributed by atoms with E-state index in [9.17, 15) is 23.1 Å². The first-order valence-electron chi connectivity index (χ1n) is 5.68. The minimum absolute atomic E-state index is 0.114. The minimum Gasteiger partial charge on any atom is -0.393 e. The Labute approximate surface area is 96.8 Å². The molecule has 0 saturated carbocycles. The second-order valence-electron chi connectivity index (χ2n) is 4.69. The Bertz CT molecular complexity index is 294. The Hall–Kier alpha value is -0.980. The summed E-state index contributed by atoms with van der Waals surface area (Å²) in [6, 6.07) is -0.893. The lowest BCUT2D eigenvalue weighted by molar-refractivity contribution is -0.123. The highest BCUT2D eigenvalue weighted by atomic mass is 19.4. The minimum atomic E-state index is -4.38. The average molecular weight is 252 g/mol. The second kappa shape index (κ2) is 4.36. The van der Waals surface area contributed by atoms with Crippen molar-refractivity contribution in [3.8, 4) is 0 Å². The van der Waals surface area contributed by atoms with Crippen LogP contribution in [-0.4, -0.2) is 46.9 Å². The predicted molar refractivity (Wildman–Crippen MR) is 53.3 cm³/mol. The van der Waals surface area contributed by atoms with E-state index in [1.54, 1.807) is 0 Å². The topological polar surface area (TPSA) is 52.6 Å². The molecule has 2 N–H and O–H groups in total. The molecule has 2 amide bonds. The van der Waals surface area contributed by atoms with Crippen LogP contribution in [0.1, 0.15) is 25.7 Å². The third-order valence-corrected chi connectivity index (χ3v) is 3.38. The van der Waals surface area contributed by atoms with Crippen LogP contribution in [0.15, 0.2) is 0 Å². The number of hydrogen-bond donors (Lipinski definition) is 2. The molecule has 2 unspecified atom stereocenters. The van der Waals surface area contributed by atoms with Gasteiger partial charge < -0.3 is 15.3 Å². The Morgan fingerprint density at radius 1 is 1.29 bits per heavy atom. The maximum Gasteiger partial charge on any atom is 0.405 e. The van der Waals surface area contributed by atoms with Gasteiger partial charge >= 0.3 is 12.2 Å². The fourth-order valence-electron chi connectivity index (χ4n) is 2.75. The van der Waals surface area contributed by atoms with Crippen LogP contribution in [-0.2, 0) is 0 Å². The normalized spacial score (nSPS) is 32.7. The maximum atomic E-state index is 12.0. The molecule has 0 aromatic carbocycles. The third-order valence-electron chi connectivity index (χ3n) is 3.38. The molecule has 2 saturated heterocycles. The van der Waals surface area contributed by atoms with Crippen LogP contribution in [0, 0.1) is 0 Å². The van der Waals surface area contributed by atoms with Crippen LogP contribution in [0.4, 0.5) is 18.0 Å². The third kappa shape index (κ3) is 2.83. The molecule has 2 atom stereocenters. The highest BCUT2D eigenvalue weighted by Crippen LogP contribution is 2.35. The standard InChI is InChI=1S/C10H15F3N2O2/c11-10(12,13)5-14-9(17)15-6-1-2-7(15)4-8(16)3-6/h6-8,16H,1-5H2,(H,14,17). The van der Waals surface area contributed by atoms with E-state index in [1.807, 2.05) is 5.32 Å². The molecule has 2 bridgehead atoms. The fraction of sp³-hybridized carbons (Fsp3) is 0.900. The predicted octanol–water partition coefficient (Wildman–Crippen LogP) is 1.25. The van der Waals surface area contributed by atoms with Crippen molar-refractivity contribution < 1.29 is 23.1 Å². The molecule has 17 heavy (non-hydrogen) atoms. The fourth-order valence-corrected chi connectivity index (χ4v) is 2.75. The van der Waals surface area contributed by atoms with Crippen LogP contribution >= 0.6 is 0 Å². The van der Waals surface area contributed by atoms with Gasteiger partial charge in [0.15, 0.2) is 0 Å². The Kier molecular flexibility index (Phi) is 3.20. The summed E-state index contributed by atoms with van der Waals surface area (Å²) in [7, 11) is 0. The molecule has 2 aliphatic rings. The lowest BCUT2D eigenvalue weighted by Crippen LogP contribution is -2.53. The van der Waals surface area contributed by atoms with Gasteiger partial charge in [-0.25, -0.2) is 4.79 Å². The van der Waals surface area contributed by atoms with Crippen molar-refractivity contribution >= 4 is 6.03 Å². The van der Waals surface area contributed by atoms with E-state index in [4.69, 9.17) is 0 Å². The number of aliphatic hydroxyl groups excluding tert-OH is 1. The van der Waals surface area contributed by atoms with Gasteiger partial charge in [-0.05, 0) is 25.7 Å². The summed E-state index contributed by atoms with van der Waals surface area (Å²) >= 11 is 0. The number of aliphatic hydroxyl groups is 1. The molecule has 7 heteroatoms. The van der Waals surface area contributed by atoms with E-state index in [1.165, 1.54) is 4.90 Å². The number of carbonyl (C=O) groups is 1. The molecule has 0 aromatic rings. The van der Waals surface area contributed by atoms with Crippen LogP contribution in [0.3, 0.4) is 0 Å². The first kappa shape index (κ1) is 12.5. The molecule has 0 radical (unpaired) electrons.